The van der Waals surface area contributed by atoms with Crippen molar-refractivity contribution < 1.29 is 13.2 Å². The number of sulfonamides is 1. The van der Waals surface area contributed by atoms with E-state index in [1.807, 2.05) is 26.4 Å². The van der Waals surface area contributed by atoms with E-state index in [2.05, 4.69) is 10.1 Å². The number of hydrogen-bond donors (Lipinski definition) is 0. The third-order valence-electron chi connectivity index (χ3n) is 4.37. The van der Waals surface area contributed by atoms with E-state index in [1.165, 1.54) is 10.5 Å². The Morgan fingerprint density at radius 1 is 1.33 bits per heavy atom. The standard InChI is InChI=1S/C16H22N4O3S/c1-3-23-12-14-10-20(11-16(14)13-7-18-19(2)9-13)24(21,22)15-5-4-6-17-8-15/h4-9,14,16H,3,10-12H2,1-2H3/t14-,16-/m0/s1. The minimum atomic E-state index is -3.54. The highest BCUT2D eigenvalue weighted by molar-refractivity contribution is 7.89. The molecule has 0 radical (unpaired) electrons. The van der Waals surface area contributed by atoms with Gasteiger partial charge in [-0.25, -0.2) is 8.42 Å². The van der Waals surface area contributed by atoms with Gasteiger partial charge < -0.3 is 4.74 Å². The highest BCUT2D eigenvalue weighted by atomic mass is 32.2. The molecule has 8 heteroatoms. The molecule has 24 heavy (non-hydrogen) atoms. The van der Waals surface area contributed by atoms with E-state index < -0.39 is 10.0 Å². The van der Waals surface area contributed by atoms with Crippen LogP contribution >= 0.6 is 0 Å². The van der Waals surface area contributed by atoms with E-state index in [1.54, 1.807) is 23.0 Å². The van der Waals surface area contributed by atoms with Crippen LogP contribution in [0.3, 0.4) is 0 Å². The van der Waals surface area contributed by atoms with Crippen molar-refractivity contribution in [3.8, 4) is 0 Å². The molecule has 2 atom stereocenters. The van der Waals surface area contributed by atoms with Crippen molar-refractivity contribution in [2.75, 3.05) is 26.3 Å². The third kappa shape index (κ3) is 3.35. The summed E-state index contributed by atoms with van der Waals surface area (Å²) >= 11 is 0. The molecule has 0 spiro atoms. The molecule has 0 unspecified atom stereocenters. The van der Waals surface area contributed by atoms with Gasteiger partial charge in [-0.3, -0.25) is 9.67 Å². The Labute approximate surface area is 142 Å². The van der Waals surface area contributed by atoms with Gasteiger partial charge >= 0.3 is 0 Å². The Hall–Kier alpha value is -1.77. The highest BCUT2D eigenvalue weighted by Crippen LogP contribution is 2.35. The fourth-order valence-corrected chi connectivity index (χ4v) is 4.61. The molecule has 130 valence electrons. The second kappa shape index (κ2) is 7.00. The van der Waals surface area contributed by atoms with Crippen LogP contribution in [0.4, 0.5) is 0 Å². The molecule has 0 N–H and O–H groups in total. The molecule has 1 aliphatic rings. The Kier molecular flexibility index (Phi) is 4.98. The summed E-state index contributed by atoms with van der Waals surface area (Å²) in [6.07, 6.45) is 6.72. The molecule has 7 nitrogen and oxygen atoms in total. The lowest BCUT2D eigenvalue weighted by molar-refractivity contribution is 0.110. The first-order valence-electron chi connectivity index (χ1n) is 7.99. The largest absolute Gasteiger partial charge is 0.381 e. The van der Waals surface area contributed by atoms with Crippen LogP contribution in [0, 0.1) is 5.92 Å². The van der Waals surface area contributed by atoms with Crippen molar-refractivity contribution >= 4 is 10.0 Å². The molecule has 0 bridgehead atoms. The number of nitrogens with zero attached hydrogens (tertiary/aromatic N) is 4. The van der Waals surface area contributed by atoms with Gasteiger partial charge in [-0.05, 0) is 24.6 Å². The van der Waals surface area contributed by atoms with Crippen LogP contribution in [-0.4, -0.2) is 53.8 Å². The molecule has 2 aromatic rings. The molecular weight excluding hydrogens is 328 g/mol. The maximum Gasteiger partial charge on any atom is 0.244 e. The van der Waals surface area contributed by atoms with Crippen molar-refractivity contribution in [3.05, 3.63) is 42.5 Å². The quantitative estimate of drug-likeness (QED) is 0.784. The van der Waals surface area contributed by atoms with Gasteiger partial charge in [-0.1, -0.05) is 0 Å². The van der Waals surface area contributed by atoms with Crippen LogP contribution < -0.4 is 0 Å². The molecule has 3 rings (SSSR count). The number of ether oxygens (including phenoxy) is 1. The molecule has 1 saturated heterocycles. The van der Waals surface area contributed by atoms with Crippen molar-refractivity contribution in [2.24, 2.45) is 13.0 Å². The first-order valence-corrected chi connectivity index (χ1v) is 9.43. The number of rotatable bonds is 6. The molecule has 0 aromatic carbocycles. The molecule has 0 aliphatic carbocycles. The second-order valence-electron chi connectivity index (χ2n) is 5.98. The lowest BCUT2D eigenvalue weighted by atomic mass is 9.92. The Morgan fingerprint density at radius 3 is 2.79 bits per heavy atom. The van der Waals surface area contributed by atoms with Gasteiger partial charge in [0.2, 0.25) is 10.0 Å². The zero-order valence-electron chi connectivity index (χ0n) is 13.9. The smallest absolute Gasteiger partial charge is 0.244 e. The van der Waals surface area contributed by atoms with Gasteiger partial charge in [0, 0.05) is 57.2 Å². The van der Waals surface area contributed by atoms with Gasteiger partial charge in [0.25, 0.3) is 0 Å². The first kappa shape index (κ1) is 17.1. The van der Waals surface area contributed by atoms with E-state index in [4.69, 9.17) is 4.74 Å². The maximum absolute atomic E-state index is 12.9. The lowest BCUT2D eigenvalue weighted by Gasteiger charge is -2.16. The Balaban J connectivity index is 1.86. The highest BCUT2D eigenvalue weighted by Gasteiger charge is 2.40. The summed E-state index contributed by atoms with van der Waals surface area (Å²) in [4.78, 5) is 4.16. The summed E-state index contributed by atoms with van der Waals surface area (Å²) in [5, 5.41) is 4.22. The zero-order chi connectivity index (χ0) is 17.2. The normalized spacial score (nSPS) is 22.1. The zero-order valence-corrected chi connectivity index (χ0v) is 14.7. The predicted octanol–water partition coefficient (Wildman–Crippen LogP) is 1.26. The van der Waals surface area contributed by atoms with E-state index in [0.29, 0.717) is 26.3 Å². The van der Waals surface area contributed by atoms with Gasteiger partial charge in [0.1, 0.15) is 4.90 Å². The fourth-order valence-electron chi connectivity index (χ4n) is 3.12. The summed E-state index contributed by atoms with van der Waals surface area (Å²) in [5.41, 5.74) is 1.05. The van der Waals surface area contributed by atoms with Crippen molar-refractivity contribution in [1.29, 1.82) is 0 Å². The SMILES string of the molecule is CCOC[C@@H]1CN(S(=O)(=O)c2cccnc2)C[C@H]1c1cnn(C)c1. The topological polar surface area (TPSA) is 77.3 Å². The van der Waals surface area contributed by atoms with Crippen molar-refractivity contribution in [3.63, 3.8) is 0 Å². The maximum atomic E-state index is 12.9. The van der Waals surface area contributed by atoms with Crippen LogP contribution in [0.2, 0.25) is 0 Å². The summed E-state index contributed by atoms with van der Waals surface area (Å²) in [5.74, 6) is 0.192. The summed E-state index contributed by atoms with van der Waals surface area (Å²) < 4.78 is 34.6. The van der Waals surface area contributed by atoms with Crippen molar-refractivity contribution in [2.45, 2.75) is 17.7 Å². The Morgan fingerprint density at radius 2 is 2.17 bits per heavy atom. The average Bonchev–Trinajstić information content (AvgIpc) is 3.20. The molecule has 1 aliphatic heterocycles. The predicted molar refractivity (Wildman–Crippen MR) is 88.9 cm³/mol. The van der Waals surface area contributed by atoms with Gasteiger partial charge in [0.05, 0.1) is 12.8 Å². The van der Waals surface area contributed by atoms with Crippen LogP contribution in [-0.2, 0) is 21.8 Å². The molecule has 0 amide bonds. The number of aromatic nitrogens is 3. The van der Waals surface area contributed by atoms with Crippen LogP contribution in [0.15, 0.2) is 41.8 Å². The molecule has 3 heterocycles. The Bertz CT molecular complexity index is 776. The van der Waals surface area contributed by atoms with E-state index in [-0.39, 0.29) is 16.7 Å². The van der Waals surface area contributed by atoms with Crippen LogP contribution in [0.25, 0.3) is 0 Å². The van der Waals surface area contributed by atoms with Crippen molar-refractivity contribution in [1.82, 2.24) is 19.1 Å². The number of pyridine rings is 1. The average molecular weight is 350 g/mol. The number of aryl methyl sites for hydroxylation is 1. The van der Waals surface area contributed by atoms with E-state index >= 15 is 0 Å². The molecular formula is C16H22N4O3S. The first-order chi connectivity index (χ1) is 11.5. The summed E-state index contributed by atoms with van der Waals surface area (Å²) in [7, 11) is -1.68. The van der Waals surface area contributed by atoms with Gasteiger partial charge in [-0.15, -0.1) is 0 Å². The second-order valence-corrected chi connectivity index (χ2v) is 7.92. The summed E-state index contributed by atoms with van der Waals surface area (Å²) in [6, 6.07) is 3.22. The third-order valence-corrected chi connectivity index (χ3v) is 6.18. The van der Waals surface area contributed by atoms with E-state index in [9.17, 15) is 8.42 Å². The molecule has 2 aromatic heterocycles. The van der Waals surface area contributed by atoms with Gasteiger partial charge in [0.15, 0.2) is 0 Å². The molecule has 0 saturated carbocycles. The monoisotopic (exact) mass is 350 g/mol. The lowest BCUT2D eigenvalue weighted by Crippen LogP contribution is -2.29. The molecule has 1 fully saturated rings. The minimum absolute atomic E-state index is 0.0803. The van der Waals surface area contributed by atoms with Gasteiger partial charge in [-0.2, -0.15) is 9.40 Å². The van der Waals surface area contributed by atoms with Crippen LogP contribution in [0.5, 0.6) is 0 Å². The summed E-state index contributed by atoms with van der Waals surface area (Å²) in [6.45, 7) is 3.97. The minimum Gasteiger partial charge on any atom is -0.381 e. The number of hydrogen-bond acceptors (Lipinski definition) is 5. The fraction of sp³-hybridized carbons (Fsp3) is 0.500. The van der Waals surface area contributed by atoms with E-state index in [0.717, 1.165) is 5.56 Å². The van der Waals surface area contributed by atoms with Crippen LogP contribution in [0.1, 0.15) is 18.4 Å².